The first-order valence-corrected chi connectivity index (χ1v) is 6.42. The van der Waals surface area contributed by atoms with E-state index < -0.39 is 0 Å². The zero-order chi connectivity index (χ0) is 11.4. The summed E-state index contributed by atoms with van der Waals surface area (Å²) in [6.07, 6.45) is 4.64. The highest BCUT2D eigenvalue weighted by atomic mass is 79.9. The van der Waals surface area contributed by atoms with Gasteiger partial charge in [0.05, 0.1) is 17.9 Å². The van der Waals surface area contributed by atoms with Gasteiger partial charge in [-0.15, -0.1) is 24.0 Å². The average molecular weight is 336 g/mol. The Kier molecular flexibility index (Phi) is 6.03. The molecule has 17 heavy (non-hydrogen) atoms. The van der Waals surface area contributed by atoms with Crippen molar-refractivity contribution in [3.63, 3.8) is 0 Å². The monoisotopic (exact) mass is 334 g/mol. The van der Waals surface area contributed by atoms with Crippen LogP contribution < -0.4 is 0 Å². The molecule has 0 amide bonds. The zero-order valence-corrected chi connectivity index (χ0v) is 12.3. The highest BCUT2D eigenvalue weighted by Crippen LogP contribution is 2.12. The Morgan fingerprint density at radius 3 is 2.59 bits per heavy atom. The summed E-state index contributed by atoms with van der Waals surface area (Å²) in [6.45, 7) is 0.920. The largest absolute Gasteiger partial charge is 0.333 e. The number of rotatable bonds is 4. The Morgan fingerprint density at radius 1 is 1.24 bits per heavy atom. The second-order valence-corrected chi connectivity index (χ2v) is 4.77. The predicted octanol–water partition coefficient (Wildman–Crippen LogP) is 4.05. The molecule has 2 rings (SSSR count). The van der Waals surface area contributed by atoms with E-state index in [4.69, 9.17) is 11.6 Å². The molecule has 0 aliphatic heterocycles. The third-order valence-electron chi connectivity index (χ3n) is 2.49. The topological polar surface area (TPSA) is 17.8 Å². The molecule has 0 N–H and O–H groups in total. The molecule has 0 bridgehead atoms. The van der Waals surface area contributed by atoms with Crippen molar-refractivity contribution in [1.29, 1.82) is 0 Å². The van der Waals surface area contributed by atoms with Gasteiger partial charge in [-0.2, -0.15) is 0 Å². The minimum Gasteiger partial charge on any atom is -0.333 e. The first kappa shape index (κ1) is 14.6. The van der Waals surface area contributed by atoms with Crippen LogP contribution >= 0.6 is 39.9 Å². The lowest BCUT2D eigenvalue weighted by molar-refractivity contribution is 0.674. The third-order valence-corrected chi connectivity index (χ3v) is 3.29. The van der Waals surface area contributed by atoms with Crippen molar-refractivity contribution in [3.05, 3.63) is 52.5 Å². The van der Waals surface area contributed by atoms with Gasteiger partial charge in [-0.1, -0.05) is 28.1 Å². The number of hydrogen-bond acceptors (Lipinski definition) is 1. The summed E-state index contributed by atoms with van der Waals surface area (Å²) in [7, 11) is 0. The maximum absolute atomic E-state index is 5.81. The fourth-order valence-electron chi connectivity index (χ4n) is 1.56. The number of nitrogens with zero attached hydrogens (tertiary/aromatic N) is 2. The quantitative estimate of drug-likeness (QED) is 0.771. The highest BCUT2D eigenvalue weighted by molar-refractivity contribution is 9.10. The molecule has 0 atom stereocenters. The number of hydrogen-bond donors (Lipinski definition) is 0. The number of benzene rings is 1. The molecule has 0 spiro atoms. The first-order valence-electron chi connectivity index (χ1n) is 5.09. The Morgan fingerprint density at radius 2 is 1.94 bits per heavy atom. The lowest BCUT2D eigenvalue weighted by Crippen LogP contribution is -2.03. The van der Waals surface area contributed by atoms with E-state index in [-0.39, 0.29) is 12.4 Å². The molecule has 0 unspecified atom stereocenters. The van der Waals surface area contributed by atoms with Crippen molar-refractivity contribution in [2.24, 2.45) is 0 Å². The van der Waals surface area contributed by atoms with Crippen molar-refractivity contribution in [2.45, 2.75) is 18.8 Å². The van der Waals surface area contributed by atoms with Crippen LogP contribution in [-0.4, -0.2) is 9.55 Å². The summed E-state index contributed by atoms with van der Waals surface area (Å²) in [5.41, 5.74) is 2.39. The van der Waals surface area contributed by atoms with E-state index in [9.17, 15) is 0 Å². The lowest BCUT2D eigenvalue weighted by Gasteiger charge is -2.06. The molecule has 1 heterocycles. The number of aromatic nitrogens is 2. The maximum atomic E-state index is 5.81. The van der Waals surface area contributed by atoms with Gasteiger partial charge < -0.3 is 4.57 Å². The molecule has 2 nitrogen and oxygen atoms in total. The Bertz CT molecular complexity index is 454. The van der Waals surface area contributed by atoms with E-state index in [1.807, 2.05) is 12.5 Å². The fraction of sp³-hybridized carbons (Fsp3) is 0.250. The maximum Gasteiger partial charge on any atom is 0.0948 e. The zero-order valence-electron chi connectivity index (χ0n) is 9.14. The number of imidazole rings is 1. The standard InChI is InChI=1S/C12H12BrClN2.ClH/c13-11-3-1-10(2-4-11)5-6-16-9-15-8-12(16)7-14;/h1-4,8-9H,5-7H2;1H. The van der Waals surface area contributed by atoms with Gasteiger partial charge in [0.2, 0.25) is 0 Å². The van der Waals surface area contributed by atoms with E-state index in [1.54, 1.807) is 0 Å². The summed E-state index contributed by atoms with van der Waals surface area (Å²) in [4.78, 5) is 4.09. The lowest BCUT2D eigenvalue weighted by atomic mass is 10.1. The van der Waals surface area contributed by atoms with Gasteiger partial charge >= 0.3 is 0 Å². The minimum absolute atomic E-state index is 0. The minimum atomic E-state index is 0. The molecular formula is C12H13BrCl2N2. The van der Waals surface area contributed by atoms with Crippen LogP contribution in [0.3, 0.4) is 0 Å². The molecule has 1 aromatic heterocycles. The van der Waals surface area contributed by atoms with Crippen LogP contribution in [0.15, 0.2) is 41.3 Å². The van der Waals surface area contributed by atoms with Gasteiger partial charge in [0.15, 0.2) is 0 Å². The van der Waals surface area contributed by atoms with Gasteiger partial charge in [0.25, 0.3) is 0 Å². The molecule has 0 aliphatic rings. The Labute approximate surface area is 121 Å². The van der Waals surface area contributed by atoms with Gasteiger partial charge in [-0.05, 0) is 24.1 Å². The van der Waals surface area contributed by atoms with Crippen LogP contribution in [0.4, 0.5) is 0 Å². The molecule has 0 saturated carbocycles. The van der Waals surface area contributed by atoms with Crippen LogP contribution in [0.5, 0.6) is 0 Å². The SMILES string of the molecule is Cl.ClCc1cncn1CCc1ccc(Br)cc1. The summed E-state index contributed by atoms with van der Waals surface area (Å²) < 4.78 is 3.20. The van der Waals surface area contributed by atoms with E-state index in [0.29, 0.717) is 5.88 Å². The summed E-state index contributed by atoms with van der Waals surface area (Å²) in [5, 5.41) is 0. The highest BCUT2D eigenvalue weighted by Gasteiger charge is 2.00. The second kappa shape index (κ2) is 7.04. The molecular weight excluding hydrogens is 323 g/mol. The van der Waals surface area contributed by atoms with Crippen molar-refractivity contribution < 1.29 is 0 Å². The number of alkyl halides is 1. The molecule has 1 aromatic carbocycles. The van der Waals surface area contributed by atoms with E-state index in [0.717, 1.165) is 23.1 Å². The smallest absolute Gasteiger partial charge is 0.0948 e. The Balaban J connectivity index is 0.00000144. The van der Waals surface area contributed by atoms with Crippen LogP contribution in [0.1, 0.15) is 11.3 Å². The van der Waals surface area contributed by atoms with Crippen molar-refractivity contribution in [3.8, 4) is 0 Å². The van der Waals surface area contributed by atoms with Gasteiger partial charge in [-0.25, -0.2) is 4.98 Å². The van der Waals surface area contributed by atoms with Crippen LogP contribution in [-0.2, 0) is 18.8 Å². The van der Waals surface area contributed by atoms with Crippen molar-refractivity contribution >= 4 is 39.9 Å². The number of halogens is 3. The molecule has 5 heteroatoms. The molecule has 2 aromatic rings. The summed E-state index contributed by atoms with van der Waals surface area (Å²) in [6, 6.07) is 8.38. The van der Waals surface area contributed by atoms with Crippen molar-refractivity contribution in [1.82, 2.24) is 9.55 Å². The number of aryl methyl sites for hydroxylation is 2. The predicted molar refractivity (Wildman–Crippen MR) is 76.9 cm³/mol. The van der Waals surface area contributed by atoms with Gasteiger partial charge in [0.1, 0.15) is 0 Å². The molecule has 92 valence electrons. The molecule has 0 fully saturated rings. The van der Waals surface area contributed by atoms with Gasteiger partial charge in [0, 0.05) is 17.2 Å². The molecule has 0 saturated heterocycles. The third kappa shape index (κ3) is 4.02. The normalized spacial score (nSPS) is 10.0. The summed E-state index contributed by atoms with van der Waals surface area (Å²) in [5.74, 6) is 0.514. The molecule has 0 radical (unpaired) electrons. The summed E-state index contributed by atoms with van der Waals surface area (Å²) >= 11 is 9.23. The van der Waals surface area contributed by atoms with Crippen LogP contribution in [0.25, 0.3) is 0 Å². The second-order valence-electron chi connectivity index (χ2n) is 3.59. The Hall–Kier alpha value is -0.510. The van der Waals surface area contributed by atoms with Crippen molar-refractivity contribution in [2.75, 3.05) is 0 Å². The van der Waals surface area contributed by atoms with E-state index in [1.165, 1.54) is 5.56 Å². The molecule has 0 aliphatic carbocycles. The first-order chi connectivity index (χ1) is 7.79. The fourth-order valence-corrected chi connectivity index (χ4v) is 2.05. The van der Waals surface area contributed by atoms with Crippen LogP contribution in [0, 0.1) is 0 Å². The van der Waals surface area contributed by atoms with Crippen LogP contribution in [0.2, 0.25) is 0 Å². The van der Waals surface area contributed by atoms with E-state index in [2.05, 4.69) is 49.7 Å². The average Bonchev–Trinajstić information content (AvgIpc) is 2.76. The van der Waals surface area contributed by atoms with Gasteiger partial charge in [-0.3, -0.25) is 0 Å². The van der Waals surface area contributed by atoms with E-state index >= 15 is 0 Å².